The minimum atomic E-state index is -0.443. The summed E-state index contributed by atoms with van der Waals surface area (Å²) in [6.07, 6.45) is 0. The smallest absolute Gasteiger partial charge is 0.254 e. The Balaban J connectivity index is 1.46. The van der Waals surface area contributed by atoms with Crippen LogP contribution in [0.15, 0.2) is 60.0 Å². The summed E-state index contributed by atoms with van der Waals surface area (Å²) in [4.78, 5) is 35.1. The molecule has 0 N–H and O–H groups in total. The van der Waals surface area contributed by atoms with Crippen LogP contribution in [0.4, 0.5) is 5.69 Å². The lowest BCUT2D eigenvalue weighted by Crippen LogP contribution is -2.53. The van der Waals surface area contributed by atoms with E-state index in [1.54, 1.807) is 18.4 Å². The van der Waals surface area contributed by atoms with E-state index < -0.39 is 5.92 Å². The summed E-state index contributed by atoms with van der Waals surface area (Å²) in [6.45, 7) is 8.07. The summed E-state index contributed by atoms with van der Waals surface area (Å²) < 4.78 is 5.34. The van der Waals surface area contributed by atoms with Crippen LogP contribution in [0.3, 0.4) is 0 Å². The van der Waals surface area contributed by atoms with Crippen LogP contribution < -0.4 is 4.90 Å². The summed E-state index contributed by atoms with van der Waals surface area (Å²) in [5.41, 5.74) is 5.27. The highest BCUT2D eigenvalue weighted by Crippen LogP contribution is 2.45. The molecule has 7 heteroatoms. The molecule has 188 valence electrons. The molecule has 36 heavy (non-hydrogen) atoms. The number of thiophene rings is 1. The molecule has 0 aliphatic carbocycles. The monoisotopic (exact) mass is 503 g/mol. The molecule has 3 aromatic rings. The first-order valence-corrected chi connectivity index (χ1v) is 13.4. The van der Waals surface area contributed by atoms with E-state index >= 15 is 0 Å². The van der Waals surface area contributed by atoms with Gasteiger partial charge in [0.25, 0.3) is 5.91 Å². The second kappa shape index (κ2) is 10.4. The second-order valence-corrected chi connectivity index (χ2v) is 10.5. The van der Waals surface area contributed by atoms with Crippen LogP contribution in [-0.2, 0) is 9.53 Å². The summed E-state index contributed by atoms with van der Waals surface area (Å²) in [5, 5.41) is 2.01. The Morgan fingerprint density at radius 1 is 1.00 bits per heavy atom. The highest BCUT2D eigenvalue weighted by Gasteiger charge is 2.46. The van der Waals surface area contributed by atoms with Gasteiger partial charge in [-0.15, -0.1) is 11.3 Å². The van der Waals surface area contributed by atoms with E-state index in [0.29, 0.717) is 31.8 Å². The average molecular weight is 504 g/mol. The molecule has 1 fully saturated rings. The zero-order valence-electron chi connectivity index (χ0n) is 21.1. The van der Waals surface area contributed by atoms with Crippen LogP contribution in [0.25, 0.3) is 0 Å². The van der Waals surface area contributed by atoms with Gasteiger partial charge in [-0.1, -0.05) is 36.4 Å². The number of nitrogens with zero attached hydrogens (tertiary/aromatic N) is 3. The maximum atomic E-state index is 14.3. The van der Waals surface area contributed by atoms with Gasteiger partial charge in [0.2, 0.25) is 5.91 Å². The van der Waals surface area contributed by atoms with Crippen molar-refractivity contribution in [3.05, 3.63) is 87.1 Å². The van der Waals surface area contributed by atoms with Gasteiger partial charge in [-0.2, -0.15) is 0 Å². The lowest BCUT2D eigenvalue weighted by molar-refractivity contribution is -0.135. The first-order chi connectivity index (χ1) is 17.5. The number of ether oxygens (including phenoxy) is 1. The molecule has 0 saturated carbocycles. The summed E-state index contributed by atoms with van der Waals surface area (Å²) in [5.74, 6) is -0.386. The van der Waals surface area contributed by atoms with E-state index in [1.807, 2.05) is 51.6 Å². The van der Waals surface area contributed by atoms with Gasteiger partial charge in [0, 0.05) is 56.0 Å². The van der Waals surface area contributed by atoms with Gasteiger partial charge in [-0.05, 0) is 54.1 Å². The molecule has 5 rings (SSSR count). The highest BCUT2D eigenvalue weighted by molar-refractivity contribution is 7.10. The van der Waals surface area contributed by atoms with Gasteiger partial charge >= 0.3 is 0 Å². The third kappa shape index (κ3) is 4.42. The first-order valence-electron chi connectivity index (χ1n) is 12.5. The number of carbonyl (C=O) groups excluding carboxylic acids is 2. The van der Waals surface area contributed by atoms with Crippen molar-refractivity contribution in [3.63, 3.8) is 0 Å². The zero-order valence-corrected chi connectivity index (χ0v) is 22.0. The molecule has 1 aromatic heterocycles. The fraction of sp³-hybridized carbons (Fsp3) is 0.379. The fourth-order valence-electron chi connectivity index (χ4n) is 5.51. The molecular formula is C29H33N3O3S. The number of hydrogen-bond acceptors (Lipinski definition) is 5. The SMILES string of the molecule is COCCN1C(=O)c2ccccc2C(C(=O)N2CCN(c3cccc(C)c3C)CC2)C1c1cccs1. The number of methoxy groups -OCH3 is 1. The predicted octanol–water partition coefficient (Wildman–Crippen LogP) is 4.64. The molecule has 2 amide bonds. The maximum absolute atomic E-state index is 14.3. The number of piperazine rings is 1. The number of aryl methyl sites for hydroxylation is 1. The Hall–Kier alpha value is -3.16. The summed E-state index contributed by atoms with van der Waals surface area (Å²) in [6, 6.07) is 17.7. The van der Waals surface area contributed by atoms with Crippen molar-refractivity contribution in [1.82, 2.24) is 9.80 Å². The first kappa shape index (κ1) is 24.5. The molecule has 2 aliphatic heterocycles. The Morgan fingerprint density at radius 2 is 1.78 bits per heavy atom. The maximum Gasteiger partial charge on any atom is 0.254 e. The Labute approximate surface area is 217 Å². The van der Waals surface area contributed by atoms with Crippen molar-refractivity contribution in [2.24, 2.45) is 0 Å². The molecule has 3 heterocycles. The van der Waals surface area contributed by atoms with Gasteiger partial charge in [-0.3, -0.25) is 9.59 Å². The lowest BCUT2D eigenvalue weighted by Gasteiger charge is -2.44. The number of amides is 2. The standard InChI is InChI=1S/C29H33N3O3S/c1-20-8-6-11-24(21(20)2)30-13-15-31(16-14-30)29(34)26-22-9-4-5-10-23(22)28(33)32(17-18-35-3)27(26)25-12-7-19-36-25/h4-12,19,26-27H,13-18H2,1-3H3. The second-order valence-electron chi connectivity index (χ2n) is 9.55. The number of carbonyl (C=O) groups is 2. The van der Waals surface area contributed by atoms with Crippen LogP contribution >= 0.6 is 11.3 Å². The fourth-order valence-corrected chi connectivity index (χ4v) is 6.39. The molecule has 0 radical (unpaired) electrons. The zero-order chi connectivity index (χ0) is 25.2. The van der Waals surface area contributed by atoms with Crippen molar-refractivity contribution in [2.45, 2.75) is 25.8 Å². The molecule has 2 atom stereocenters. The minimum Gasteiger partial charge on any atom is -0.383 e. The lowest BCUT2D eigenvalue weighted by atomic mass is 9.81. The molecule has 2 aromatic carbocycles. The molecule has 2 aliphatic rings. The van der Waals surface area contributed by atoms with E-state index in [4.69, 9.17) is 4.74 Å². The van der Waals surface area contributed by atoms with Gasteiger partial charge in [-0.25, -0.2) is 0 Å². The van der Waals surface area contributed by atoms with E-state index in [0.717, 1.165) is 23.5 Å². The van der Waals surface area contributed by atoms with Crippen molar-refractivity contribution in [2.75, 3.05) is 51.3 Å². The predicted molar refractivity (Wildman–Crippen MR) is 144 cm³/mol. The molecule has 2 unspecified atom stereocenters. The molecule has 1 saturated heterocycles. The number of anilines is 1. The third-order valence-electron chi connectivity index (χ3n) is 7.58. The Morgan fingerprint density at radius 3 is 2.50 bits per heavy atom. The summed E-state index contributed by atoms with van der Waals surface area (Å²) in [7, 11) is 1.64. The number of hydrogen-bond donors (Lipinski definition) is 0. The normalized spacial score (nSPS) is 20.0. The quantitative estimate of drug-likeness (QED) is 0.492. The summed E-state index contributed by atoms with van der Waals surface area (Å²) >= 11 is 1.60. The van der Waals surface area contributed by atoms with Gasteiger partial charge in [0.05, 0.1) is 18.6 Å². The topological polar surface area (TPSA) is 53.1 Å². The van der Waals surface area contributed by atoms with Crippen molar-refractivity contribution < 1.29 is 14.3 Å². The molecule has 0 bridgehead atoms. The third-order valence-corrected chi connectivity index (χ3v) is 8.53. The van der Waals surface area contributed by atoms with Crippen molar-refractivity contribution in [3.8, 4) is 0 Å². The van der Waals surface area contributed by atoms with Crippen LogP contribution in [0.1, 0.15) is 43.9 Å². The van der Waals surface area contributed by atoms with Crippen molar-refractivity contribution >= 4 is 28.8 Å². The Kier molecular flexibility index (Phi) is 7.12. The van der Waals surface area contributed by atoms with Crippen molar-refractivity contribution in [1.29, 1.82) is 0 Å². The van der Waals surface area contributed by atoms with Crippen LogP contribution in [0.5, 0.6) is 0 Å². The molecular weight excluding hydrogens is 470 g/mol. The minimum absolute atomic E-state index is 0.0372. The van der Waals surface area contributed by atoms with Crippen LogP contribution in [-0.4, -0.2) is 68.1 Å². The Bertz CT molecular complexity index is 1230. The van der Waals surface area contributed by atoms with E-state index in [2.05, 4.69) is 36.9 Å². The largest absolute Gasteiger partial charge is 0.383 e. The highest BCUT2D eigenvalue weighted by atomic mass is 32.1. The number of rotatable bonds is 6. The van der Waals surface area contributed by atoms with E-state index in [9.17, 15) is 9.59 Å². The number of benzene rings is 2. The van der Waals surface area contributed by atoms with Crippen LogP contribution in [0.2, 0.25) is 0 Å². The molecule has 6 nitrogen and oxygen atoms in total. The van der Waals surface area contributed by atoms with Gasteiger partial charge in [0.1, 0.15) is 0 Å². The van der Waals surface area contributed by atoms with E-state index in [1.165, 1.54) is 16.8 Å². The average Bonchev–Trinajstić information content (AvgIpc) is 3.44. The molecule has 0 spiro atoms. The van der Waals surface area contributed by atoms with Crippen LogP contribution in [0, 0.1) is 13.8 Å². The number of fused-ring (bicyclic) bond motifs is 1. The van der Waals surface area contributed by atoms with Gasteiger partial charge in [0.15, 0.2) is 0 Å². The van der Waals surface area contributed by atoms with Gasteiger partial charge < -0.3 is 19.4 Å². The van der Waals surface area contributed by atoms with E-state index in [-0.39, 0.29) is 17.9 Å².